The number of fused-ring (bicyclic) bond motifs is 1. The Hall–Kier alpha value is -2.74. The number of nitrogens with one attached hydrogen (secondary N) is 1. The Morgan fingerprint density at radius 3 is 2.57 bits per heavy atom. The number of aryl methyl sites for hydroxylation is 2. The third kappa shape index (κ3) is 5.66. The van der Waals surface area contributed by atoms with E-state index in [0.29, 0.717) is 36.8 Å². The molecular formula is C22H28N2O5S. The molecule has 0 saturated heterocycles. The van der Waals surface area contributed by atoms with Crippen LogP contribution in [-0.2, 0) is 14.8 Å². The minimum Gasteiger partial charge on any atom is -0.486 e. The lowest BCUT2D eigenvalue weighted by Crippen LogP contribution is -2.41. The maximum Gasteiger partial charge on any atom is 0.232 e. The molecule has 0 bridgehead atoms. The van der Waals surface area contributed by atoms with Gasteiger partial charge in [0.1, 0.15) is 12.7 Å². The molecule has 8 heteroatoms. The zero-order valence-corrected chi connectivity index (χ0v) is 18.4. The fourth-order valence-corrected chi connectivity index (χ4v) is 4.19. The molecule has 1 N–H and O–H groups in total. The maximum atomic E-state index is 12.2. The summed E-state index contributed by atoms with van der Waals surface area (Å²) in [4.78, 5) is 12.2. The topological polar surface area (TPSA) is 84.9 Å². The van der Waals surface area contributed by atoms with E-state index in [2.05, 4.69) is 5.32 Å². The van der Waals surface area contributed by atoms with Crippen LogP contribution in [0.4, 0.5) is 5.69 Å². The van der Waals surface area contributed by atoms with Crippen LogP contribution in [0.15, 0.2) is 42.5 Å². The molecule has 0 fully saturated rings. The molecule has 0 radical (unpaired) electrons. The quantitative estimate of drug-likeness (QED) is 0.693. The number of amides is 1. The van der Waals surface area contributed by atoms with Crippen molar-refractivity contribution in [3.05, 3.63) is 53.6 Å². The highest BCUT2D eigenvalue weighted by Gasteiger charge is 2.21. The number of nitrogens with zero attached hydrogens (tertiary/aromatic N) is 1. The van der Waals surface area contributed by atoms with Crippen LogP contribution in [0.2, 0.25) is 0 Å². The summed E-state index contributed by atoms with van der Waals surface area (Å²) in [6.07, 6.45) is 1.56. The lowest BCUT2D eigenvalue weighted by atomic mass is 10.1. The van der Waals surface area contributed by atoms with E-state index >= 15 is 0 Å². The van der Waals surface area contributed by atoms with Gasteiger partial charge in [0.05, 0.1) is 18.5 Å². The molecule has 1 atom stereocenters. The number of hydrogen-bond donors (Lipinski definition) is 1. The van der Waals surface area contributed by atoms with E-state index in [4.69, 9.17) is 9.47 Å². The first-order valence-corrected chi connectivity index (χ1v) is 11.8. The van der Waals surface area contributed by atoms with E-state index in [0.717, 1.165) is 11.1 Å². The van der Waals surface area contributed by atoms with Crippen LogP contribution in [0, 0.1) is 13.8 Å². The number of anilines is 1. The summed E-state index contributed by atoms with van der Waals surface area (Å²) >= 11 is 0. The van der Waals surface area contributed by atoms with Gasteiger partial charge in [-0.25, -0.2) is 8.42 Å². The lowest BCUT2D eigenvalue weighted by molar-refractivity contribution is -0.121. The number of sulfonamides is 1. The van der Waals surface area contributed by atoms with Gasteiger partial charge in [-0.3, -0.25) is 9.10 Å². The van der Waals surface area contributed by atoms with Gasteiger partial charge in [-0.05, 0) is 55.7 Å². The number of para-hydroxylation sites is 2. The molecule has 7 nitrogen and oxygen atoms in total. The first kappa shape index (κ1) is 22.0. The fraction of sp³-hybridized carbons (Fsp3) is 0.409. The van der Waals surface area contributed by atoms with E-state index in [1.807, 2.05) is 50.2 Å². The van der Waals surface area contributed by atoms with Crippen molar-refractivity contribution >= 4 is 21.6 Å². The van der Waals surface area contributed by atoms with Gasteiger partial charge in [0.25, 0.3) is 0 Å². The molecular weight excluding hydrogens is 404 g/mol. The van der Waals surface area contributed by atoms with Gasteiger partial charge >= 0.3 is 0 Å². The molecule has 2 aromatic carbocycles. The Labute approximate surface area is 178 Å². The van der Waals surface area contributed by atoms with Crippen molar-refractivity contribution in [3.63, 3.8) is 0 Å². The van der Waals surface area contributed by atoms with E-state index in [1.54, 1.807) is 6.07 Å². The lowest BCUT2D eigenvalue weighted by Gasteiger charge is -2.26. The molecule has 162 valence electrons. The van der Waals surface area contributed by atoms with Gasteiger partial charge < -0.3 is 14.8 Å². The average molecular weight is 433 g/mol. The summed E-state index contributed by atoms with van der Waals surface area (Å²) in [5, 5.41) is 2.84. The molecule has 3 rings (SSSR count). The van der Waals surface area contributed by atoms with Crippen LogP contribution in [0.25, 0.3) is 0 Å². The van der Waals surface area contributed by atoms with Gasteiger partial charge in [-0.15, -0.1) is 0 Å². The Balaban J connectivity index is 1.48. The van der Waals surface area contributed by atoms with Gasteiger partial charge in [0.2, 0.25) is 15.9 Å². The average Bonchev–Trinajstić information content (AvgIpc) is 2.71. The second-order valence-corrected chi connectivity index (χ2v) is 9.42. The van der Waals surface area contributed by atoms with Crippen molar-refractivity contribution in [2.75, 3.05) is 30.3 Å². The zero-order valence-electron chi connectivity index (χ0n) is 17.6. The highest BCUT2D eigenvalue weighted by Crippen LogP contribution is 2.30. The molecule has 0 aliphatic carbocycles. The molecule has 30 heavy (non-hydrogen) atoms. The first-order chi connectivity index (χ1) is 14.2. The van der Waals surface area contributed by atoms with Crippen molar-refractivity contribution in [1.29, 1.82) is 0 Å². The molecule has 1 aliphatic heterocycles. The van der Waals surface area contributed by atoms with Crippen molar-refractivity contribution in [1.82, 2.24) is 5.32 Å². The molecule has 0 saturated carbocycles. The molecule has 0 aromatic heterocycles. The number of ether oxygens (including phenoxy) is 2. The van der Waals surface area contributed by atoms with Crippen LogP contribution >= 0.6 is 0 Å². The molecule has 0 spiro atoms. The highest BCUT2D eigenvalue weighted by molar-refractivity contribution is 7.92. The second-order valence-electron chi connectivity index (χ2n) is 7.51. The summed E-state index contributed by atoms with van der Waals surface area (Å²) in [7, 11) is -3.44. The number of hydrogen-bond acceptors (Lipinski definition) is 5. The van der Waals surface area contributed by atoms with Crippen molar-refractivity contribution in [2.24, 2.45) is 0 Å². The van der Waals surface area contributed by atoms with Gasteiger partial charge in [0.15, 0.2) is 11.5 Å². The Kier molecular flexibility index (Phi) is 6.87. The summed E-state index contributed by atoms with van der Waals surface area (Å²) in [6, 6.07) is 13.0. The van der Waals surface area contributed by atoms with Crippen molar-refractivity contribution in [3.8, 4) is 11.5 Å². The Morgan fingerprint density at radius 1 is 1.13 bits per heavy atom. The zero-order chi connectivity index (χ0) is 21.7. The van der Waals surface area contributed by atoms with E-state index in [-0.39, 0.29) is 25.0 Å². The third-order valence-electron chi connectivity index (χ3n) is 5.04. The van der Waals surface area contributed by atoms with E-state index in [9.17, 15) is 13.2 Å². The molecule has 0 unspecified atom stereocenters. The van der Waals surface area contributed by atoms with Crippen LogP contribution in [0.1, 0.15) is 24.0 Å². The van der Waals surface area contributed by atoms with Gasteiger partial charge in [0, 0.05) is 13.0 Å². The highest BCUT2D eigenvalue weighted by atomic mass is 32.2. The standard InChI is InChI=1S/C22H28N2O5S/c1-16-10-11-18(13-17(16)2)24(30(3,26)27)12-6-9-22(25)23-14-19-15-28-20-7-4-5-8-21(20)29-19/h4-5,7-8,10-11,13,19H,6,9,12,14-15H2,1-3H3,(H,23,25)/t19-/m0/s1. The maximum absolute atomic E-state index is 12.2. The van der Waals surface area contributed by atoms with Gasteiger partial charge in [-0.1, -0.05) is 18.2 Å². The number of carbonyl (C=O) groups is 1. The third-order valence-corrected chi connectivity index (χ3v) is 6.23. The molecule has 2 aromatic rings. The van der Waals surface area contributed by atoms with Gasteiger partial charge in [-0.2, -0.15) is 0 Å². The normalized spacial score (nSPS) is 15.5. The minimum atomic E-state index is -3.44. The predicted octanol–water partition coefficient (Wildman–Crippen LogP) is 2.81. The van der Waals surface area contributed by atoms with E-state index < -0.39 is 10.0 Å². The Morgan fingerprint density at radius 2 is 1.87 bits per heavy atom. The molecule has 1 amide bonds. The van der Waals surface area contributed by atoms with Crippen molar-refractivity contribution in [2.45, 2.75) is 32.8 Å². The van der Waals surface area contributed by atoms with Crippen molar-refractivity contribution < 1.29 is 22.7 Å². The smallest absolute Gasteiger partial charge is 0.232 e. The minimum absolute atomic E-state index is 0.147. The van der Waals surface area contributed by atoms with Crippen LogP contribution in [-0.4, -0.2) is 46.4 Å². The first-order valence-electron chi connectivity index (χ1n) is 9.94. The summed E-state index contributed by atoms with van der Waals surface area (Å²) in [5.41, 5.74) is 2.74. The fourth-order valence-electron chi connectivity index (χ4n) is 3.23. The largest absolute Gasteiger partial charge is 0.486 e. The summed E-state index contributed by atoms with van der Waals surface area (Å²) in [6.45, 7) is 4.87. The monoisotopic (exact) mass is 432 g/mol. The van der Waals surface area contributed by atoms with Crippen LogP contribution in [0.3, 0.4) is 0 Å². The predicted molar refractivity (Wildman–Crippen MR) is 117 cm³/mol. The number of benzene rings is 2. The Bertz CT molecular complexity index is 1010. The number of carbonyl (C=O) groups excluding carboxylic acids is 1. The molecule has 1 heterocycles. The van der Waals surface area contributed by atoms with Crippen LogP contribution in [0.5, 0.6) is 11.5 Å². The van der Waals surface area contributed by atoms with Crippen LogP contribution < -0.4 is 19.1 Å². The summed E-state index contributed by atoms with van der Waals surface area (Å²) in [5.74, 6) is 1.22. The number of rotatable bonds is 8. The molecule has 1 aliphatic rings. The SMILES string of the molecule is Cc1ccc(N(CCCC(=O)NC[C@H]2COc3ccccc3O2)S(C)(=O)=O)cc1C. The second kappa shape index (κ2) is 9.38. The summed E-state index contributed by atoms with van der Waals surface area (Å²) < 4.78 is 37.3. The van der Waals surface area contributed by atoms with E-state index in [1.165, 1.54) is 10.6 Å².